The number of piperidine rings is 1. The third-order valence-corrected chi connectivity index (χ3v) is 6.03. The largest absolute Gasteiger partial charge is 0.371 e. The zero-order chi connectivity index (χ0) is 19.5. The number of likely N-dealkylation sites (tertiary alicyclic amines) is 1. The number of carbonyl (C=O) groups excluding carboxylic acids is 2. The van der Waals surface area contributed by atoms with E-state index in [0.29, 0.717) is 13.0 Å². The molecule has 4 rings (SSSR count). The molecule has 2 aliphatic heterocycles. The lowest BCUT2D eigenvalue weighted by Crippen LogP contribution is -2.48. The molecule has 0 unspecified atom stereocenters. The normalized spacial score (nSPS) is 20.4. The van der Waals surface area contributed by atoms with E-state index in [-0.39, 0.29) is 17.7 Å². The van der Waals surface area contributed by atoms with Crippen molar-refractivity contribution < 1.29 is 9.59 Å². The average molecular weight is 377 g/mol. The second kappa shape index (κ2) is 8.05. The lowest BCUT2D eigenvalue weighted by molar-refractivity contribution is -0.141. The Morgan fingerprint density at radius 1 is 0.857 bits per heavy atom. The lowest BCUT2D eigenvalue weighted by atomic mass is 9.94. The molecule has 2 heterocycles. The van der Waals surface area contributed by atoms with Crippen LogP contribution in [0.4, 0.5) is 5.69 Å². The maximum atomic E-state index is 12.9. The van der Waals surface area contributed by atoms with E-state index in [1.54, 1.807) is 4.90 Å². The van der Waals surface area contributed by atoms with Crippen molar-refractivity contribution in [2.24, 2.45) is 11.7 Å². The Bertz CT molecular complexity index is 844. The smallest absolute Gasteiger partial charge is 0.240 e. The molecule has 0 saturated carbocycles. The first kappa shape index (κ1) is 18.5. The molecule has 0 bridgehead atoms. The van der Waals surface area contributed by atoms with Crippen molar-refractivity contribution in [3.05, 3.63) is 54.6 Å². The molecule has 0 aromatic heterocycles. The van der Waals surface area contributed by atoms with E-state index in [0.717, 1.165) is 32.4 Å². The van der Waals surface area contributed by atoms with Gasteiger partial charge in [0.1, 0.15) is 6.04 Å². The van der Waals surface area contributed by atoms with Gasteiger partial charge in [-0.05, 0) is 48.9 Å². The number of anilines is 1. The standard InChI is InChI=1S/C23H27N3O2/c24-22(27)21-10-5-13-26(21)23(28)18-11-14-25(15-12-18)20-9-4-8-19(16-20)17-6-2-1-3-7-17/h1-4,6-9,16,18,21H,5,10-15H2,(H2,24,27)/t21-/m0/s1. The molecule has 1 atom stereocenters. The Morgan fingerprint density at radius 3 is 2.29 bits per heavy atom. The third kappa shape index (κ3) is 3.75. The molecule has 2 amide bonds. The highest BCUT2D eigenvalue weighted by molar-refractivity contribution is 5.88. The number of nitrogens with two attached hydrogens (primary N) is 1. The topological polar surface area (TPSA) is 66.6 Å². The first-order valence-corrected chi connectivity index (χ1v) is 10.1. The fraction of sp³-hybridized carbons (Fsp3) is 0.391. The summed E-state index contributed by atoms with van der Waals surface area (Å²) in [4.78, 5) is 28.6. The number of rotatable bonds is 4. The molecule has 2 N–H and O–H groups in total. The molecular formula is C23H27N3O2. The molecule has 2 fully saturated rings. The molecule has 0 aliphatic carbocycles. The molecule has 5 nitrogen and oxygen atoms in total. The second-order valence-corrected chi connectivity index (χ2v) is 7.77. The van der Waals surface area contributed by atoms with Gasteiger partial charge in [-0.1, -0.05) is 42.5 Å². The van der Waals surface area contributed by atoms with E-state index < -0.39 is 6.04 Å². The molecule has 2 saturated heterocycles. The van der Waals surface area contributed by atoms with Gasteiger partial charge in [0, 0.05) is 31.2 Å². The summed E-state index contributed by atoms with van der Waals surface area (Å²) in [7, 11) is 0. The fourth-order valence-electron chi connectivity index (χ4n) is 4.46. The molecular weight excluding hydrogens is 350 g/mol. The number of benzene rings is 2. The van der Waals surface area contributed by atoms with Gasteiger partial charge >= 0.3 is 0 Å². The van der Waals surface area contributed by atoms with E-state index >= 15 is 0 Å². The van der Waals surface area contributed by atoms with Crippen molar-refractivity contribution in [3.63, 3.8) is 0 Å². The summed E-state index contributed by atoms with van der Waals surface area (Å²) in [6, 6.07) is 18.5. The average Bonchev–Trinajstić information content (AvgIpc) is 3.24. The fourth-order valence-corrected chi connectivity index (χ4v) is 4.46. The van der Waals surface area contributed by atoms with Crippen molar-refractivity contribution in [2.75, 3.05) is 24.5 Å². The highest BCUT2D eigenvalue weighted by Crippen LogP contribution is 2.30. The van der Waals surface area contributed by atoms with Crippen molar-refractivity contribution in [1.82, 2.24) is 4.90 Å². The maximum Gasteiger partial charge on any atom is 0.240 e. The predicted octanol–water partition coefficient (Wildman–Crippen LogP) is 3.05. The van der Waals surface area contributed by atoms with Crippen LogP contribution < -0.4 is 10.6 Å². The summed E-state index contributed by atoms with van der Waals surface area (Å²) in [6.45, 7) is 2.36. The predicted molar refractivity (Wildman–Crippen MR) is 111 cm³/mol. The molecule has 2 aromatic carbocycles. The van der Waals surface area contributed by atoms with E-state index in [1.165, 1.54) is 16.8 Å². The van der Waals surface area contributed by atoms with E-state index in [4.69, 9.17) is 5.73 Å². The van der Waals surface area contributed by atoms with Crippen molar-refractivity contribution in [1.29, 1.82) is 0 Å². The van der Waals surface area contributed by atoms with Crippen LogP contribution in [0.3, 0.4) is 0 Å². The number of primary amides is 1. The van der Waals surface area contributed by atoms with Gasteiger partial charge in [0.25, 0.3) is 0 Å². The minimum absolute atomic E-state index is 0.00601. The molecule has 0 spiro atoms. The van der Waals surface area contributed by atoms with Gasteiger partial charge < -0.3 is 15.5 Å². The number of nitrogens with zero attached hydrogens (tertiary/aromatic N) is 2. The van der Waals surface area contributed by atoms with Crippen molar-refractivity contribution in [3.8, 4) is 11.1 Å². The summed E-state index contributed by atoms with van der Waals surface area (Å²) >= 11 is 0. The van der Waals surface area contributed by atoms with Gasteiger partial charge in [-0.15, -0.1) is 0 Å². The van der Waals surface area contributed by atoms with Gasteiger partial charge in [-0.3, -0.25) is 9.59 Å². The Morgan fingerprint density at radius 2 is 1.57 bits per heavy atom. The van der Waals surface area contributed by atoms with Crippen molar-refractivity contribution >= 4 is 17.5 Å². The monoisotopic (exact) mass is 377 g/mol. The van der Waals surface area contributed by atoms with E-state index in [2.05, 4.69) is 53.4 Å². The van der Waals surface area contributed by atoms with Crippen LogP contribution in [0.1, 0.15) is 25.7 Å². The highest BCUT2D eigenvalue weighted by atomic mass is 16.2. The minimum Gasteiger partial charge on any atom is -0.371 e. The van der Waals surface area contributed by atoms with Crippen LogP contribution in [0.15, 0.2) is 54.6 Å². The SMILES string of the molecule is NC(=O)[C@@H]1CCCN1C(=O)C1CCN(c2cccc(-c3ccccc3)c2)CC1. The molecule has 146 valence electrons. The Balaban J connectivity index is 1.41. The number of hydrogen-bond acceptors (Lipinski definition) is 3. The summed E-state index contributed by atoms with van der Waals surface area (Å²) < 4.78 is 0. The van der Waals surface area contributed by atoms with Crippen molar-refractivity contribution in [2.45, 2.75) is 31.7 Å². The molecule has 5 heteroatoms. The zero-order valence-electron chi connectivity index (χ0n) is 16.1. The van der Waals surface area contributed by atoms with Crippen LogP contribution >= 0.6 is 0 Å². The van der Waals surface area contributed by atoms with Crippen LogP contribution in [-0.2, 0) is 9.59 Å². The minimum atomic E-state index is -0.409. The first-order valence-electron chi connectivity index (χ1n) is 10.1. The maximum absolute atomic E-state index is 12.9. The third-order valence-electron chi connectivity index (χ3n) is 6.03. The Kier molecular flexibility index (Phi) is 5.33. The van der Waals surface area contributed by atoms with Crippen LogP contribution in [0.2, 0.25) is 0 Å². The van der Waals surface area contributed by atoms with Crippen LogP contribution in [0, 0.1) is 5.92 Å². The number of carbonyl (C=O) groups is 2. The molecule has 2 aliphatic rings. The summed E-state index contributed by atoms with van der Waals surface area (Å²) in [6.07, 6.45) is 3.20. The van der Waals surface area contributed by atoms with Crippen LogP contribution in [-0.4, -0.2) is 42.4 Å². The lowest BCUT2D eigenvalue weighted by Gasteiger charge is -2.35. The number of hydrogen-bond donors (Lipinski definition) is 1. The first-order chi connectivity index (χ1) is 13.6. The molecule has 2 aromatic rings. The zero-order valence-corrected chi connectivity index (χ0v) is 16.1. The molecule has 0 radical (unpaired) electrons. The van der Waals surface area contributed by atoms with E-state index in [9.17, 15) is 9.59 Å². The van der Waals surface area contributed by atoms with Gasteiger partial charge in [-0.2, -0.15) is 0 Å². The van der Waals surface area contributed by atoms with Gasteiger partial charge in [0.05, 0.1) is 0 Å². The van der Waals surface area contributed by atoms with Gasteiger partial charge in [-0.25, -0.2) is 0 Å². The van der Waals surface area contributed by atoms with Crippen LogP contribution in [0.25, 0.3) is 11.1 Å². The van der Waals surface area contributed by atoms with E-state index in [1.807, 2.05) is 6.07 Å². The Labute approximate surface area is 166 Å². The summed E-state index contributed by atoms with van der Waals surface area (Å²) in [5, 5.41) is 0. The number of amides is 2. The molecule has 28 heavy (non-hydrogen) atoms. The van der Waals surface area contributed by atoms with Gasteiger partial charge in [0.15, 0.2) is 0 Å². The second-order valence-electron chi connectivity index (χ2n) is 7.77. The summed E-state index contributed by atoms with van der Waals surface area (Å²) in [5.41, 5.74) is 9.09. The highest BCUT2D eigenvalue weighted by Gasteiger charge is 2.37. The quantitative estimate of drug-likeness (QED) is 0.891. The van der Waals surface area contributed by atoms with Gasteiger partial charge in [0.2, 0.25) is 11.8 Å². The van der Waals surface area contributed by atoms with Crippen LogP contribution in [0.5, 0.6) is 0 Å². The summed E-state index contributed by atoms with van der Waals surface area (Å²) in [5.74, 6) is -0.270. The Hall–Kier alpha value is -2.82.